The number of carbonyl (C=O) groups is 2. The van der Waals surface area contributed by atoms with E-state index in [-0.39, 0.29) is 36.3 Å². The smallest absolute Gasteiger partial charge is 0.240 e. The molecule has 3 aromatic rings. The molecule has 1 aromatic carbocycles. The first kappa shape index (κ1) is 26.6. The molecule has 10 nitrogen and oxygen atoms in total. The van der Waals surface area contributed by atoms with Crippen LogP contribution >= 0.6 is 0 Å². The van der Waals surface area contributed by atoms with Crippen molar-refractivity contribution in [2.75, 3.05) is 18.0 Å². The van der Waals surface area contributed by atoms with E-state index in [1.54, 1.807) is 31.5 Å². The molecule has 1 saturated heterocycles. The highest BCUT2D eigenvalue weighted by Gasteiger charge is 2.29. The van der Waals surface area contributed by atoms with Gasteiger partial charge in [0.1, 0.15) is 18.2 Å². The number of anilines is 1. The second-order valence-electron chi connectivity index (χ2n) is 10.7. The van der Waals surface area contributed by atoms with Crippen molar-refractivity contribution in [2.45, 2.75) is 77.0 Å². The van der Waals surface area contributed by atoms with Crippen LogP contribution in [0.3, 0.4) is 0 Å². The molecule has 1 aliphatic heterocycles. The van der Waals surface area contributed by atoms with Gasteiger partial charge >= 0.3 is 0 Å². The van der Waals surface area contributed by atoms with Gasteiger partial charge < -0.3 is 25.4 Å². The minimum Gasteiger partial charge on any atom is -0.384 e. The normalized spacial score (nSPS) is 16.8. The van der Waals surface area contributed by atoms with Crippen LogP contribution in [0.5, 0.6) is 0 Å². The number of pyridine rings is 1. The molecule has 2 aliphatic rings. The number of hydrogen-bond acceptors (Lipinski definition) is 6. The lowest BCUT2D eigenvalue weighted by atomic mass is 9.95. The summed E-state index contributed by atoms with van der Waals surface area (Å²) in [6.07, 6.45) is 10.8. The molecular weight excluding hydrogens is 492 g/mol. The van der Waals surface area contributed by atoms with Gasteiger partial charge in [-0.3, -0.25) is 20.0 Å². The van der Waals surface area contributed by atoms with Crippen LogP contribution in [0, 0.1) is 5.41 Å². The zero-order valence-electron chi connectivity index (χ0n) is 22.6. The monoisotopic (exact) mass is 530 g/mol. The number of benzene rings is 1. The quantitative estimate of drug-likeness (QED) is 0.303. The molecule has 10 heteroatoms. The lowest BCUT2D eigenvalue weighted by Gasteiger charge is -2.39. The maximum absolute atomic E-state index is 13.1. The van der Waals surface area contributed by atoms with E-state index in [0.717, 1.165) is 62.8 Å². The van der Waals surface area contributed by atoms with Gasteiger partial charge in [0.05, 0.1) is 17.6 Å². The van der Waals surface area contributed by atoms with Gasteiger partial charge in [0.2, 0.25) is 11.8 Å². The van der Waals surface area contributed by atoms with E-state index in [4.69, 9.17) is 16.1 Å². The Morgan fingerprint density at radius 3 is 2.46 bits per heavy atom. The third kappa shape index (κ3) is 6.21. The molecule has 0 atom stereocenters. The van der Waals surface area contributed by atoms with Crippen LogP contribution in [0.15, 0.2) is 42.7 Å². The number of imidazole rings is 1. The third-order valence-electron chi connectivity index (χ3n) is 8.06. The molecule has 1 saturated carbocycles. The Morgan fingerprint density at radius 2 is 1.79 bits per heavy atom. The molecule has 0 spiro atoms. The van der Waals surface area contributed by atoms with Gasteiger partial charge in [-0.05, 0) is 56.0 Å². The molecule has 206 valence electrons. The SMILES string of the molecule is CC(=O)N(Cc1nc2cc(C(=N)N)ccc2n1CC(=O)NC1CCCCC1)C1CCN(c2ccncc2)CC1. The van der Waals surface area contributed by atoms with Crippen molar-refractivity contribution in [3.05, 3.63) is 54.1 Å². The van der Waals surface area contributed by atoms with Crippen molar-refractivity contribution in [3.63, 3.8) is 0 Å². The predicted molar refractivity (Wildman–Crippen MR) is 151 cm³/mol. The Kier molecular flexibility index (Phi) is 8.09. The van der Waals surface area contributed by atoms with E-state index in [0.29, 0.717) is 23.4 Å². The lowest BCUT2D eigenvalue weighted by Crippen LogP contribution is -2.47. The minimum absolute atomic E-state index is 0.00736. The number of fused-ring (bicyclic) bond motifs is 1. The van der Waals surface area contributed by atoms with Gasteiger partial charge in [-0.15, -0.1) is 0 Å². The van der Waals surface area contributed by atoms with Crippen LogP contribution in [-0.4, -0.2) is 62.3 Å². The summed E-state index contributed by atoms with van der Waals surface area (Å²) in [5, 5.41) is 11.0. The van der Waals surface area contributed by atoms with Gasteiger partial charge in [0.15, 0.2) is 0 Å². The van der Waals surface area contributed by atoms with Gasteiger partial charge in [-0.1, -0.05) is 19.3 Å². The summed E-state index contributed by atoms with van der Waals surface area (Å²) in [7, 11) is 0. The fourth-order valence-electron chi connectivity index (χ4n) is 5.95. The van der Waals surface area contributed by atoms with E-state index in [1.807, 2.05) is 27.7 Å². The maximum Gasteiger partial charge on any atom is 0.240 e. The van der Waals surface area contributed by atoms with Crippen LogP contribution < -0.4 is 16.0 Å². The highest BCUT2D eigenvalue weighted by Crippen LogP contribution is 2.25. The largest absolute Gasteiger partial charge is 0.384 e. The number of nitrogen functional groups attached to an aromatic ring is 1. The summed E-state index contributed by atoms with van der Waals surface area (Å²) in [6, 6.07) is 9.75. The Bertz CT molecular complexity index is 1320. The molecule has 4 N–H and O–H groups in total. The molecule has 39 heavy (non-hydrogen) atoms. The molecule has 3 heterocycles. The zero-order valence-corrected chi connectivity index (χ0v) is 22.6. The van der Waals surface area contributed by atoms with Crippen molar-refractivity contribution >= 4 is 34.4 Å². The summed E-state index contributed by atoms with van der Waals surface area (Å²) < 4.78 is 1.92. The second kappa shape index (κ2) is 11.8. The molecular formula is C29H38N8O2. The molecule has 5 rings (SSSR count). The van der Waals surface area contributed by atoms with Gasteiger partial charge in [-0.2, -0.15) is 0 Å². The van der Waals surface area contributed by atoms with E-state index >= 15 is 0 Å². The van der Waals surface area contributed by atoms with E-state index in [9.17, 15) is 9.59 Å². The molecule has 2 fully saturated rings. The summed E-state index contributed by atoms with van der Waals surface area (Å²) in [5.74, 6) is 0.579. The minimum atomic E-state index is -0.0434. The average molecular weight is 531 g/mol. The number of nitrogens with zero attached hydrogens (tertiary/aromatic N) is 5. The Hall–Kier alpha value is -3.95. The van der Waals surface area contributed by atoms with Gasteiger partial charge in [0.25, 0.3) is 0 Å². The van der Waals surface area contributed by atoms with Crippen molar-refractivity contribution < 1.29 is 9.59 Å². The highest BCUT2D eigenvalue weighted by atomic mass is 16.2. The highest BCUT2D eigenvalue weighted by molar-refractivity contribution is 5.98. The summed E-state index contributed by atoms with van der Waals surface area (Å²) in [5.41, 5.74) is 8.92. The molecule has 2 aromatic heterocycles. The number of nitrogens with one attached hydrogen (secondary N) is 2. The summed E-state index contributed by atoms with van der Waals surface area (Å²) in [4.78, 5) is 39.2. The summed E-state index contributed by atoms with van der Waals surface area (Å²) in [6.45, 7) is 3.75. The number of piperidine rings is 1. The van der Waals surface area contributed by atoms with Crippen molar-refractivity contribution in [2.24, 2.45) is 5.73 Å². The van der Waals surface area contributed by atoms with Crippen molar-refractivity contribution in [1.82, 2.24) is 24.8 Å². The first-order valence-corrected chi connectivity index (χ1v) is 13.9. The van der Waals surface area contributed by atoms with E-state index < -0.39 is 0 Å². The Labute approximate surface area is 229 Å². The number of carbonyl (C=O) groups excluding carboxylic acids is 2. The van der Waals surface area contributed by atoms with E-state index in [1.165, 1.54) is 6.42 Å². The predicted octanol–water partition coefficient (Wildman–Crippen LogP) is 3.18. The first-order chi connectivity index (χ1) is 18.9. The lowest BCUT2D eigenvalue weighted by molar-refractivity contribution is -0.132. The molecule has 2 amide bonds. The Morgan fingerprint density at radius 1 is 1.08 bits per heavy atom. The fraction of sp³-hybridized carbons (Fsp3) is 0.483. The average Bonchev–Trinajstić information content (AvgIpc) is 3.28. The number of nitrogens with two attached hydrogens (primary N) is 1. The number of hydrogen-bond donors (Lipinski definition) is 3. The maximum atomic E-state index is 13.1. The standard InChI is InChI=1S/C29H38N8O2/c1-20(38)36(24-11-15-35(16-12-24)23-9-13-32-14-10-23)18-27-34-25-17-21(29(30)31)7-8-26(25)37(27)19-28(39)33-22-5-3-2-4-6-22/h7-10,13-14,17,22,24H,2-6,11-12,15-16,18-19H2,1H3,(H3,30,31)(H,33,39). The molecule has 0 unspecified atom stereocenters. The van der Waals surface area contributed by atoms with Crippen LogP contribution in [0.2, 0.25) is 0 Å². The Balaban J connectivity index is 1.37. The molecule has 0 radical (unpaired) electrons. The second-order valence-corrected chi connectivity index (χ2v) is 10.7. The van der Waals surface area contributed by atoms with Gasteiger partial charge in [-0.25, -0.2) is 4.98 Å². The van der Waals surface area contributed by atoms with Crippen LogP contribution in [0.25, 0.3) is 11.0 Å². The van der Waals surface area contributed by atoms with Crippen LogP contribution in [0.4, 0.5) is 5.69 Å². The molecule has 0 bridgehead atoms. The number of amidine groups is 1. The topological polar surface area (TPSA) is 133 Å². The van der Waals surface area contributed by atoms with E-state index in [2.05, 4.69) is 15.2 Å². The first-order valence-electron chi connectivity index (χ1n) is 13.9. The van der Waals surface area contributed by atoms with Crippen molar-refractivity contribution in [1.29, 1.82) is 5.41 Å². The van der Waals surface area contributed by atoms with Crippen LogP contribution in [0.1, 0.15) is 63.3 Å². The number of amides is 2. The molecule has 1 aliphatic carbocycles. The zero-order chi connectivity index (χ0) is 27.4. The van der Waals surface area contributed by atoms with Gasteiger partial charge in [0, 0.05) is 55.7 Å². The fourth-order valence-corrected chi connectivity index (χ4v) is 5.95. The number of rotatable bonds is 8. The van der Waals surface area contributed by atoms with Crippen LogP contribution in [-0.2, 0) is 22.7 Å². The summed E-state index contributed by atoms with van der Waals surface area (Å²) >= 11 is 0. The number of aromatic nitrogens is 3. The van der Waals surface area contributed by atoms with Crippen molar-refractivity contribution in [3.8, 4) is 0 Å². The third-order valence-corrected chi connectivity index (χ3v) is 8.06.